The predicted molar refractivity (Wildman–Crippen MR) is 80.1 cm³/mol. The second kappa shape index (κ2) is 11.9. The molecule has 0 radical (unpaired) electrons. The van der Waals surface area contributed by atoms with E-state index in [-0.39, 0.29) is 0 Å². The van der Waals surface area contributed by atoms with E-state index in [1.807, 2.05) is 20.8 Å². The molecule has 0 atom stereocenters. The Kier molecular flexibility index (Phi) is 11.1. The Hall–Kier alpha value is -1.20. The number of anilines is 1. The molecule has 1 aliphatic rings. The van der Waals surface area contributed by atoms with Gasteiger partial charge in [-0.1, -0.05) is 27.7 Å². The van der Waals surface area contributed by atoms with Crippen LogP contribution in [0.3, 0.4) is 0 Å². The van der Waals surface area contributed by atoms with E-state index in [0.29, 0.717) is 5.82 Å². The standard InChI is InChI=1S/C6H9N3.C6H13NO.C2H6/c1-2-5-6(7)9-4-3-8-5;1-2-7-3-5-8-6-4-7;1-2/h3-4H,2H2,1H3,(H2,7,9);2-6H2,1H3;1-2H3. The number of likely N-dealkylation sites (N-methyl/N-ethyl adjacent to an activating group) is 1. The van der Waals surface area contributed by atoms with Crippen LogP contribution in [0.15, 0.2) is 12.4 Å². The summed E-state index contributed by atoms with van der Waals surface area (Å²) in [5.74, 6) is 0.542. The molecule has 0 aliphatic carbocycles. The first-order valence-corrected chi connectivity index (χ1v) is 7.13. The maximum Gasteiger partial charge on any atom is 0.145 e. The van der Waals surface area contributed by atoms with Crippen molar-refractivity contribution in [1.82, 2.24) is 14.9 Å². The van der Waals surface area contributed by atoms with E-state index in [2.05, 4.69) is 21.8 Å². The number of aryl methyl sites for hydroxylation is 1. The van der Waals surface area contributed by atoms with E-state index < -0.39 is 0 Å². The molecule has 5 nitrogen and oxygen atoms in total. The van der Waals surface area contributed by atoms with Crippen molar-refractivity contribution in [2.75, 3.05) is 38.6 Å². The molecule has 0 bridgehead atoms. The van der Waals surface area contributed by atoms with E-state index >= 15 is 0 Å². The Bertz CT molecular complexity index is 314. The summed E-state index contributed by atoms with van der Waals surface area (Å²) in [6.07, 6.45) is 4.09. The summed E-state index contributed by atoms with van der Waals surface area (Å²) >= 11 is 0. The molecule has 0 saturated carbocycles. The molecular weight excluding hydrogens is 240 g/mol. The van der Waals surface area contributed by atoms with Crippen LogP contribution in [0, 0.1) is 0 Å². The van der Waals surface area contributed by atoms with Gasteiger partial charge in [-0.15, -0.1) is 0 Å². The molecule has 0 aromatic carbocycles. The summed E-state index contributed by atoms with van der Waals surface area (Å²) in [6.45, 7) is 13.4. The van der Waals surface area contributed by atoms with Crippen molar-refractivity contribution < 1.29 is 4.74 Å². The van der Waals surface area contributed by atoms with Crippen molar-refractivity contribution >= 4 is 5.82 Å². The van der Waals surface area contributed by atoms with Crippen molar-refractivity contribution in [1.29, 1.82) is 0 Å². The quantitative estimate of drug-likeness (QED) is 0.888. The molecule has 19 heavy (non-hydrogen) atoms. The third-order valence-electron chi connectivity index (χ3n) is 2.69. The van der Waals surface area contributed by atoms with Crippen LogP contribution in [0.2, 0.25) is 0 Å². The molecule has 1 aromatic rings. The van der Waals surface area contributed by atoms with Crippen LogP contribution >= 0.6 is 0 Å². The average molecular weight is 268 g/mol. The summed E-state index contributed by atoms with van der Waals surface area (Å²) in [7, 11) is 0. The summed E-state index contributed by atoms with van der Waals surface area (Å²) in [6, 6.07) is 0. The fourth-order valence-corrected chi connectivity index (χ4v) is 1.57. The van der Waals surface area contributed by atoms with Gasteiger partial charge in [0.2, 0.25) is 0 Å². The normalized spacial score (nSPS) is 14.7. The SMILES string of the molecule is CC.CCN1CCOCC1.CCc1nccnc1N. The summed E-state index contributed by atoms with van der Waals surface area (Å²) in [5.41, 5.74) is 6.33. The topological polar surface area (TPSA) is 64.3 Å². The monoisotopic (exact) mass is 268 g/mol. The van der Waals surface area contributed by atoms with E-state index in [1.54, 1.807) is 12.4 Å². The molecule has 1 aliphatic heterocycles. The van der Waals surface area contributed by atoms with Gasteiger partial charge in [-0.3, -0.25) is 9.88 Å². The molecular formula is C14H28N4O. The minimum absolute atomic E-state index is 0.542. The molecule has 0 amide bonds. The molecule has 2 heterocycles. The van der Waals surface area contributed by atoms with Crippen LogP contribution in [0.1, 0.15) is 33.4 Å². The Balaban J connectivity index is 0.000000303. The van der Waals surface area contributed by atoms with Crippen molar-refractivity contribution in [2.24, 2.45) is 0 Å². The zero-order chi connectivity index (χ0) is 14.5. The average Bonchev–Trinajstić information content (AvgIpc) is 2.51. The molecule has 2 rings (SSSR count). The maximum absolute atomic E-state index is 5.46. The van der Waals surface area contributed by atoms with Crippen LogP contribution in [0.4, 0.5) is 5.82 Å². The molecule has 0 unspecified atom stereocenters. The van der Waals surface area contributed by atoms with Crippen LogP contribution in [0.25, 0.3) is 0 Å². The summed E-state index contributed by atoms with van der Waals surface area (Å²) in [5, 5.41) is 0. The lowest BCUT2D eigenvalue weighted by atomic mass is 10.3. The van der Waals surface area contributed by atoms with E-state index in [0.717, 1.165) is 38.4 Å². The fourth-order valence-electron chi connectivity index (χ4n) is 1.57. The highest BCUT2D eigenvalue weighted by Crippen LogP contribution is 2.01. The number of nitrogens with zero attached hydrogens (tertiary/aromatic N) is 3. The highest BCUT2D eigenvalue weighted by molar-refractivity contribution is 5.32. The van der Waals surface area contributed by atoms with Crippen LogP contribution < -0.4 is 5.73 Å². The van der Waals surface area contributed by atoms with E-state index in [9.17, 15) is 0 Å². The van der Waals surface area contributed by atoms with Gasteiger partial charge in [0.1, 0.15) is 5.82 Å². The number of nitrogens with two attached hydrogens (primary N) is 1. The molecule has 2 N–H and O–H groups in total. The Morgan fingerprint density at radius 3 is 2.11 bits per heavy atom. The highest BCUT2D eigenvalue weighted by atomic mass is 16.5. The molecule has 1 fully saturated rings. The lowest BCUT2D eigenvalue weighted by molar-refractivity contribution is 0.0405. The first-order valence-electron chi connectivity index (χ1n) is 7.13. The summed E-state index contributed by atoms with van der Waals surface area (Å²) < 4.78 is 5.16. The zero-order valence-corrected chi connectivity index (χ0v) is 12.7. The van der Waals surface area contributed by atoms with Gasteiger partial charge in [0, 0.05) is 25.5 Å². The summed E-state index contributed by atoms with van der Waals surface area (Å²) in [4.78, 5) is 10.3. The van der Waals surface area contributed by atoms with Crippen molar-refractivity contribution in [2.45, 2.75) is 34.1 Å². The third kappa shape index (κ3) is 7.74. The predicted octanol–water partition coefficient (Wildman–Crippen LogP) is 1.99. The first-order chi connectivity index (χ1) is 9.27. The van der Waals surface area contributed by atoms with Gasteiger partial charge in [-0.2, -0.15) is 0 Å². The van der Waals surface area contributed by atoms with Crippen LogP contribution in [0.5, 0.6) is 0 Å². The van der Waals surface area contributed by atoms with Gasteiger partial charge >= 0.3 is 0 Å². The number of ether oxygens (including phenoxy) is 1. The number of nitrogen functional groups attached to an aromatic ring is 1. The minimum Gasteiger partial charge on any atom is -0.382 e. The zero-order valence-electron chi connectivity index (χ0n) is 12.7. The molecule has 1 aromatic heterocycles. The fraction of sp³-hybridized carbons (Fsp3) is 0.714. The van der Waals surface area contributed by atoms with E-state index in [4.69, 9.17) is 10.5 Å². The second-order valence-electron chi connectivity index (χ2n) is 3.79. The van der Waals surface area contributed by atoms with Gasteiger partial charge in [0.25, 0.3) is 0 Å². The van der Waals surface area contributed by atoms with Crippen molar-refractivity contribution in [3.05, 3.63) is 18.1 Å². The Morgan fingerprint density at radius 1 is 1.16 bits per heavy atom. The lowest BCUT2D eigenvalue weighted by Crippen LogP contribution is -2.35. The number of hydrogen-bond acceptors (Lipinski definition) is 5. The highest BCUT2D eigenvalue weighted by Gasteiger charge is 2.05. The van der Waals surface area contributed by atoms with Gasteiger partial charge < -0.3 is 10.5 Å². The van der Waals surface area contributed by atoms with Crippen molar-refractivity contribution in [3.8, 4) is 0 Å². The van der Waals surface area contributed by atoms with Gasteiger partial charge in [0.05, 0.1) is 18.9 Å². The van der Waals surface area contributed by atoms with Crippen molar-refractivity contribution in [3.63, 3.8) is 0 Å². The van der Waals surface area contributed by atoms with Crippen LogP contribution in [-0.2, 0) is 11.2 Å². The number of rotatable bonds is 2. The minimum atomic E-state index is 0.542. The van der Waals surface area contributed by atoms with Gasteiger partial charge in [-0.25, -0.2) is 4.98 Å². The van der Waals surface area contributed by atoms with Gasteiger partial charge in [0.15, 0.2) is 0 Å². The number of hydrogen-bond donors (Lipinski definition) is 1. The maximum atomic E-state index is 5.46. The second-order valence-corrected chi connectivity index (χ2v) is 3.79. The molecule has 110 valence electrons. The molecule has 5 heteroatoms. The van der Waals surface area contributed by atoms with E-state index in [1.165, 1.54) is 6.54 Å². The lowest BCUT2D eigenvalue weighted by Gasteiger charge is -2.24. The van der Waals surface area contributed by atoms with Gasteiger partial charge in [-0.05, 0) is 13.0 Å². The first kappa shape index (κ1) is 17.8. The Morgan fingerprint density at radius 2 is 1.74 bits per heavy atom. The largest absolute Gasteiger partial charge is 0.382 e. The smallest absolute Gasteiger partial charge is 0.145 e. The molecule has 0 spiro atoms. The van der Waals surface area contributed by atoms with Crippen LogP contribution in [-0.4, -0.2) is 47.7 Å². The Labute approximate surface area is 117 Å². The number of aromatic nitrogens is 2. The third-order valence-corrected chi connectivity index (χ3v) is 2.69. The number of morpholine rings is 1. The molecule has 1 saturated heterocycles.